The molecule has 0 bridgehead atoms. The average Bonchev–Trinajstić information content (AvgIpc) is 2.95. The molecule has 3 heteroatoms. The van der Waals surface area contributed by atoms with E-state index in [1.807, 2.05) is 12.1 Å². The topological polar surface area (TPSA) is 17.8 Å². The quantitative estimate of drug-likeness (QED) is 0.717. The van der Waals surface area contributed by atoms with Crippen LogP contribution < -0.4 is 0 Å². The van der Waals surface area contributed by atoms with Gasteiger partial charge in [0, 0.05) is 24.5 Å². The molecule has 102 valence electrons. The van der Waals surface area contributed by atoms with Crippen molar-refractivity contribution in [2.75, 3.05) is 0 Å². The maximum atomic E-state index is 13.1. The van der Waals surface area contributed by atoms with Crippen molar-refractivity contribution in [3.8, 4) is 11.8 Å². The minimum Gasteiger partial charge on any atom is -0.338 e. The van der Waals surface area contributed by atoms with Crippen LogP contribution in [0.2, 0.25) is 0 Å². The lowest BCUT2D eigenvalue weighted by Gasteiger charge is -2.24. The second kappa shape index (κ2) is 5.92. The first-order chi connectivity index (χ1) is 9.83. The highest BCUT2D eigenvalue weighted by atomic mass is 19.1. The molecule has 0 atom stereocenters. The number of aromatic nitrogens is 2. The fourth-order valence-corrected chi connectivity index (χ4v) is 2.78. The molecule has 3 rings (SSSR count). The SMILES string of the molecule is Fc1ccnc(C#Cc2cccn2C2CCCCC2)c1. The number of hydrogen-bond acceptors (Lipinski definition) is 1. The molecular weight excluding hydrogens is 251 g/mol. The Labute approximate surface area is 118 Å². The van der Waals surface area contributed by atoms with E-state index in [1.54, 1.807) is 0 Å². The standard InChI is InChI=1S/C17H17FN2/c18-14-10-11-19-15(13-14)8-9-17-7-4-12-20(17)16-5-2-1-3-6-16/h4,7,10-13,16H,1-3,5-6H2. The van der Waals surface area contributed by atoms with Crippen LogP contribution >= 0.6 is 0 Å². The summed E-state index contributed by atoms with van der Waals surface area (Å²) in [6.45, 7) is 0. The molecule has 20 heavy (non-hydrogen) atoms. The van der Waals surface area contributed by atoms with Crippen molar-refractivity contribution in [2.45, 2.75) is 38.1 Å². The van der Waals surface area contributed by atoms with Crippen molar-refractivity contribution >= 4 is 0 Å². The summed E-state index contributed by atoms with van der Waals surface area (Å²) < 4.78 is 15.3. The van der Waals surface area contributed by atoms with Crippen LogP contribution in [0, 0.1) is 17.7 Å². The van der Waals surface area contributed by atoms with Gasteiger partial charge >= 0.3 is 0 Å². The van der Waals surface area contributed by atoms with Gasteiger partial charge in [0.15, 0.2) is 0 Å². The summed E-state index contributed by atoms with van der Waals surface area (Å²) >= 11 is 0. The van der Waals surface area contributed by atoms with Crippen molar-refractivity contribution in [1.29, 1.82) is 0 Å². The van der Waals surface area contributed by atoms with Crippen LogP contribution in [0.5, 0.6) is 0 Å². The van der Waals surface area contributed by atoms with E-state index < -0.39 is 0 Å². The van der Waals surface area contributed by atoms with E-state index in [-0.39, 0.29) is 5.82 Å². The van der Waals surface area contributed by atoms with E-state index in [0.29, 0.717) is 11.7 Å². The lowest BCUT2D eigenvalue weighted by atomic mass is 9.95. The predicted molar refractivity (Wildman–Crippen MR) is 76.7 cm³/mol. The predicted octanol–water partition coefficient (Wildman–Crippen LogP) is 3.93. The molecule has 1 fully saturated rings. The Balaban J connectivity index is 1.83. The molecule has 0 unspecified atom stereocenters. The minimum atomic E-state index is -0.299. The van der Waals surface area contributed by atoms with Crippen LogP contribution in [-0.2, 0) is 0 Å². The minimum absolute atomic E-state index is 0.299. The van der Waals surface area contributed by atoms with Gasteiger partial charge in [0.25, 0.3) is 0 Å². The van der Waals surface area contributed by atoms with Gasteiger partial charge in [-0.1, -0.05) is 19.3 Å². The number of halogens is 1. The molecule has 2 aromatic heterocycles. The van der Waals surface area contributed by atoms with Gasteiger partial charge < -0.3 is 4.57 Å². The molecule has 0 aromatic carbocycles. The van der Waals surface area contributed by atoms with E-state index >= 15 is 0 Å². The molecule has 0 aliphatic heterocycles. The highest BCUT2D eigenvalue weighted by Crippen LogP contribution is 2.29. The van der Waals surface area contributed by atoms with E-state index in [1.165, 1.54) is 50.4 Å². The Bertz CT molecular complexity index is 642. The monoisotopic (exact) mass is 268 g/mol. The first-order valence-electron chi connectivity index (χ1n) is 7.13. The highest BCUT2D eigenvalue weighted by molar-refractivity contribution is 5.37. The molecule has 1 saturated carbocycles. The van der Waals surface area contributed by atoms with Gasteiger partial charge in [0.2, 0.25) is 0 Å². The second-order valence-corrected chi connectivity index (χ2v) is 5.20. The Kier molecular flexibility index (Phi) is 3.83. The number of nitrogens with zero attached hydrogens (tertiary/aromatic N) is 2. The van der Waals surface area contributed by atoms with Gasteiger partial charge in [-0.15, -0.1) is 0 Å². The maximum absolute atomic E-state index is 13.1. The Morgan fingerprint density at radius 1 is 1.15 bits per heavy atom. The fraction of sp³-hybridized carbons (Fsp3) is 0.353. The summed E-state index contributed by atoms with van der Waals surface area (Å²) in [4.78, 5) is 4.06. The molecule has 0 spiro atoms. The summed E-state index contributed by atoms with van der Waals surface area (Å²) in [7, 11) is 0. The van der Waals surface area contributed by atoms with Gasteiger partial charge in [-0.25, -0.2) is 9.37 Å². The molecule has 2 heterocycles. The van der Waals surface area contributed by atoms with Gasteiger partial charge in [-0.05, 0) is 42.9 Å². The van der Waals surface area contributed by atoms with Gasteiger partial charge in [0.1, 0.15) is 11.5 Å². The van der Waals surface area contributed by atoms with Crippen LogP contribution in [0.1, 0.15) is 49.5 Å². The van der Waals surface area contributed by atoms with E-state index in [0.717, 1.165) is 5.69 Å². The summed E-state index contributed by atoms with van der Waals surface area (Å²) in [5, 5.41) is 0. The first kappa shape index (κ1) is 12.9. The van der Waals surface area contributed by atoms with Crippen molar-refractivity contribution in [2.24, 2.45) is 0 Å². The average molecular weight is 268 g/mol. The second-order valence-electron chi connectivity index (χ2n) is 5.20. The zero-order valence-electron chi connectivity index (χ0n) is 11.3. The molecule has 1 aliphatic rings. The lowest BCUT2D eigenvalue weighted by molar-refractivity contribution is 0.352. The maximum Gasteiger partial charge on any atom is 0.127 e. The van der Waals surface area contributed by atoms with Crippen LogP contribution in [0.4, 0.5) is 4.39 Å². The third kappa shape index (κ3) is 2.91. The Morgan fingerprint density at radius 3 is 2.80 bits per heavy atom. The van der Waals surface area contributed by atoms with Crippen LogP contribution in [-0.4, -0.2) is 9.55 Å². The third-order valence-corrected chi connectivity index (χ3v) is 3.79. The van der Waals surface area contributed by atoms with Crippen LogP contribution in [0.15, 0.2) is 36.7 Å². The van der Waals surface area contributed by atoms with E-state index in [9.17, 15) is 4.39 Å². The Morgan fingerprint density at radius 2 is 2.00 bits per heavy atom. The highest BCUT2D eigenvalue weighted by Gasteiger charge is 2.16. The third-order valence-electron chi connectivity index (χ3n) is 3.79. The largest absolute Gasteiger partial charge is 0.338 e. The van der Waals surface area contributed by atoms with Crippen molar-refractivity contribution in [3.63, 3.8) is 0 Å². The van der Waals surface area contributed by atoms with Crippen molar-refractivity contribution < 1.29 is 4.39 Å². The molecular formula is C17H17FN2. The smallest absolute Gasteiger partial charge is 0.127 e. The summed E-state index contributed by atoms with van der Waals surface area (Å²) in [6.07, 6.45) is 9.91. The zero-order chi connectivity index (χ0) is 13.8. The molecule has 0 amide bonds. The number of hydrogen-bond donors (Lipinski definition) is 0. The van der Waals surface area contributed by atoms with Crippen LogP contribution in [0.3, 0.4) is 0 Å². The Hall–Kier alpha value is -2.08. The molecule has 2 nitrogen and oxygen atoms in total. The van der Waals surface area contributed by atoms with Gasteiger partial charge in [-0.2, -0.15) is 0 Å². The summed E-state index contributed by atoms with van der Waals surface area (Å²) in [6, 6.07) is 7.29. The van der Waals surface area contributed by atoms with Crippen LogP contribution in [0.25, 0.3) is 0 Å². The van der Waals surface area contributed by atoms with Crippen molar-refractivity contribution in [1.82, 2.24) is 9.55 Å². The summed E-state index contributed by atoms with van der Waals surface area (Å²) in [5.74, 6) is 5.76. The molecule has 2 aromatic rings. The van der Waals surface area contributed by atoms with E-state index in [2.05, 4.69) is 27.6 Å². The molecule has 0 saturated heterocycles. The number of pyridine rings is 1. The lowest BCUT2D eigenvalue weighted by Crippen LogP contribution is -2.13. The number of rotatable bonds is 1. The zero-order valence-corrected chi connectivity index (χ0v) is 11.3. The van der Waals surface area contributed by atoms with Gasteiger partial charge in [0.05, 0.1) is 5.69 Å². The fourth-order valence-electron chi connectivity index (χ4n) is 2.78. The van der Waals surface area contributed by atoms with Crippen molar-refractivity contribution in [3.05, 3.63) is 53.9 Å². The molecule has 0 N–H and O–H groups in total. The van der Waals surface area contributed by atoms with E-state index in [4.69, 9.17) is 0 Å². The molecule has 1 aliphatic carbocycles. The normalized spacial score (nSPS) is 15.7. The first-order valence-corrected chi connectivity index (χ1v) is 7.13. The molecule has 0 radical (unpaired) electrons. The summed E-state index contributed by atoms with van der Waals surface area (Å²) in [5.41, 5.74) is 1.46. The van der Waals surface area contributed by atoms with Gasteiger partial charge in [-0.3, -0.25) is 0 Å².